The number of hydrogen-bond donors (Lipinski definition) is 3. The molecule has 2 fully saturated rings. The summed E-state index contributed by atoms with van der Waals surface area (Å²) in [7, 11) is 0. The van der Waals surface area contributed by atoms with Crippen molar-refractivity contribution in [2.24, 2.45) is 5.92 Å². The average Bonchev–Trinajstić information content (AvgIpc) is 2.83. The van der Waals surface area contributed by atoms with Crippen molar-refractivity contribution in [1.82, 2.24) is 10.2 Å². The van der Waals surface area contributed by atoms with E-state index in [0.29, 0.717) is 18.5 Å². The molecule has 9 heteroatoms. The molecule has 27 heavy (non-hydrogen) atoms. The number of nitrogens with zero attached hydrogens (tertiary/aromatic N) is 1. The van der Waals surface area contributed by atoms with Gasteiger partial charge in [0.25, 0.3) is 11.8 Å². The Hall–Kier alpha value is -3.23. The van der Waals surface area contributed by atoms with E-state index in [4.69, 9.17) is 5.11 Å². The van der Waals surface area contributed by atoms with E-state index in [-0.39, 0.29) is 30.0 Å². The number of carboxylic acids is 1. The Morgan fingerprint density at radius 1 is 1.15 bits per heavy atom. The maximum absolute atomic E-state index is 12.9. The highest BCUT2D eigenvalue weighted by Crippen LogP contribution is 2.36. The van der Waals surface area contributed by atoms with E-state index in [1.54, 1.807) is 12.1 Å². The molecular formula is C18H17N3O6. The summed E-state index contributed by atoms with van der Waals surface area (Å²) in [5, 5.41) is 14.3. The summed E-state index contributed by atoms with van der Waals surface area (Å²) in [5.74, 6) is -3.48. The van der Waals surface area contributed by atoms with Gasteiger partial charge in [-0.1, -0.05) is 6.07 Å². The lowest BCUT2D eigenvalue weighted by Crippen LogP contribution is -2.54. The molecule has 1 saturated carbocycles. The third-order valence-electron chi connectivity index (χ3n) is 5.32. The number of hydrogen-bond acceptors (Lipinski definition) is 6. The van der Waals surface area contributed by atoms with Gasteiger partial charge in [-0.05, 0) is 31.4 Å². The van der Waals surface area contributed by atoms with Gasteiger partial charge in [0.1, 0.15) is 6.04 Å². The molecule has 140 valence electrons. The second-order valence-corrected chi connectivity index (χ2v) is 7.02. The van der Waals surface area contributed by atoms with Gasteiger partial charge in [-0.2, -0.15) is 0 Å². The first-order valence-corrected chi connectivity index (χ1v) is 8.70. The molecule has 3 N–H and O–H groups in total. The van der Waals surface area contributed by atoms with Crippen LogP contribution in [0.25, 0.3) is 0 Å². The van der Waals surface area contributed by atoms with E-state index in [0.717, 1.165) is 4.90 Å². The van der Waals surface area contributed by atoms with Gasteiger partial charge in [-0.25, -0.2) is 0 Å². The molecule has 1 aromatic rings. The molecule has 0 radical (unpaired) electrons. The summed E-state index contributed by atoms with van der Waals surface area (Å²) in [5.41, 5.74) is 0.837. The molecular weight excluding hydrogens is 354 g/mol. The smallest absolute Gasteiger partial charge is 0.306 e. The molecule has 2 heterocycles. The quantitative estimate of drug-likeness (QED) is 0.651. The first kappa shape index (κ1) is 17.2. The fraction of sp³-hybridized carbons (Fsp3) is 0.389. The topological polar surface area (TPSA) is 133 Å². The number of benzene rings is 1. The van der Waals surface area contributed by atoms with Crippen molar-refractivity contribution in [1.29, 1.82) is 0 Å². The number of aliphatic carboxylic acids is 1. The number of anilines is 1. The number of amides is 4. The Morgan fingerprint density at radius 3 is 2.56 bits per heavy atom. The lowest BCUT2D eigenvalue weighted by molar-refractivity contribution is -0.144. The van der Waals surface area contributed by atoms with Gasteiger partial charge >= 0.3 is 5.97 Å². The molecule has 4 amide bonds. The normalized spacial score (nSPS) is 27.1. The Bertz CT molecular complexity index is 889. The number of imide groups is 2. The molecule has 0 spiro atoms. The number of rotatable bonds is 4. The summed E-state index contributed by atoms with van der Waals surface area (Å²) in [6.45, 7) is 0. The third kappa shape index (κ3) is 2.75. The van der Waals surface area contributed by atoms with E-state index >= 15 is 0 Å². The van der Waals surface area contributed by atoms with E-state index in [1.165, 1.54) is 6.07 Å². The van der Waals surface area contributed by atoms with Crippen LogP contribution in [0.5, 0.6) is 0 Å². The van der Waals surface area contributed by atoms with Crippen molar-refractivity contribution in [3.05, 3.63) is 29.3 Å². The number of carbonyl (C=O) groups excluding carboxylic acids is 4. The second kappa shape index (κ2) is 6.19. The Labute approximate surface area is 153 Å². The summed E-state index contributed by atoms with van der Waals surface area (Å²) in [4.78, 5) is 60.9. The van der Waals surface area contributed by atoms with Gasteiger partial charge in [0.05, 0.1) is 17.0 Å². The standard InChI is InChI=1S/C18H17N3O6/c22-13-5-4-12(15(23)20-13)21-16(24)10-2-1-3-11(14(10)17(21)25)19-9-6-8(7-9)18(26)27/h1-3,8-9,12,19H,4-7H2,(H,26,27)(H,20,22,23). The van der Waals surface area contributed by atoms with Crippen LogP contribution in [0.2, 0.25) is 0 Å². The third-order valence-corrected chi connectivity index (χ3v) is 5.32. The SMILES string of the molecule is O=C1CCC(N2C(=O)c3cccc(NC4CC(C(=O)O)C4)c3C2=O)C(=O)N1. The van der Waals surface area contributed by atoms with Crippen molar-refractivity contribution in [2.75, 3.05) is 5.32 Å². The molecule has 0 bridgehead atoms. The Kier molecular flexibility index (Phi) is 3.94. The monoisotopic (exact) mass is 371 g/mol. The van der Waals surface area contributed by atoms with E-state index in [2.05, 4.69) is 10.6 Å². The lowest BCUT2D eigenvalue weighted by Gasteiger charge is -2.34. The summed E-state index contributed by atoms with van der Waals surface area (Å²) < 4.78 is 0. The van der Waals surface area contributed by atoms with Gasteiger partial charge in [0.15, 0.2) is 0 Å². The van der Waals surface area contributed by atoms with Gasteiger partial charge in [0.2, 0.25) is 11.8 Å². The van der Waals surface area contributed by atoms with Crippen LogP contribution in [-0.4, -0.2) is 51.7 Å². The van der Waals surface area contributed by atoms with Gasteiger partial charge in [-0.15, -0.1) is 0 Å². The molecule has 1 unspecified atom stereocenters. The summed E-state index contributed by atoms with van der Waals surface area (Å²) in [6.07, 6.45) is 1.05. The van der Waals surface area contributed by atoms with Crippen LogP contribution in [0.4, 0.5) is 5.69 Å². The van der Waals surface area contributed by atoms with Crippen LogP contribution in [0.3, 0.4) is 0 Å². The largest absolute Gasteiger partial charge is 0.481 e. The Morgan fingerprint density at radius 2 is 1.89 bits per heavy atom. The van der Waals surface area contributed by atoms with Crippen LogP contribution >= 0.6 is 0 Å². The fourth-order valence-electron chi connectivity index (χ4n) is 3.79. The molecule has 2 aliphatic heterocycles. The van der Waals surface area contributed by atoms with E-state index < -0.39 is 41.6 Å². The molecule has 9 nitrogen and oxygen atoms in total. The van der Waals surface area contributed by atoms with Crippen LogP contribution in [-0.2, 0) is 14.4 Å². The molecule has 0 aromatic heterocycles. The average molecular weight is 371 g/mol. The maximum atomic E-state index is 12.9. The van der Waals surface area contributed by atoms with Crippen LogP contribution in [0, 0.1) is 5.92 Å². The highest BCUT2D eigenvalue weighted by molar-refractivity contribution is 6.25. The molecule has 1 atom stereocenters. The number of carboxylic acid groups (broad SMARTS) is 1. The zero-order chi connectivity index (χ0) is 19.3. The van der Waals surface area contributed by atoms with Crippen molar-refractivity contribution in [2.45, 2.75) is 37.8 Å². The fourth-order valence-corrected chi connectivity index (χ4v) is 3.79. The highest BCUT2D eigenvalue weighted by atomic mass is 16.4. The Balaban J connectivity index is 1.57. The predicted octanol–water partition coefficient (Wildman–Crippen LogP) is 0.363. The van der Waals surface area contributed by atoms with Gasteiger partial charge in [-0.3, -0.25) is 34.2 Å². The number of piperidine rings is 1. The summed E-state index contributed by atoms with van der Waals surface area (Å²) in [6, 6.07) is 3.71. The minimum atomic E-state index is -1.01. The minimum absolute atomic E-state index is 0.0631. The molecule has 4 rings (SSSR count). The van der Waals surface area contributed by atoms with Crippen molar-refractivity contribution in [3.8, 4) is 0 Å². The lowest BCUT2D eigenvalue weighted by atomic mass is 9.80. The molecule has 1 saturated heterocycles. The van der Waals surface area contributed by atoms with Crippen LogP contribution < -0.4 is 10.6 Å². The van der Waals surface area contributed by atoms with Crippen LogP contribution in [0.1, 0.15) is 46.4 Å². The van der Waals surface area contributed by atoms with Gasteiger partial charge in [0, 0.05) is 18.2 Å². The van der Waals surface area contributed by atoms with Gasteiger partial charge < -0.3 is 10.4 Å². The van der Waals surface area contributed by atoms with Crippen molar-refractivity contribution < 1.29 is 29.1 Å². The van der Waals surface area contributed by atoms with Crippen molar-refractivity contribution in [3.63, 3.8) is 0 Å². The van der Waals surface area contributed by atoms with E-state index in [9.17, 15) is 24.0 Å². The number of nitrogens with one attached hydrogen (secondary N) is 2. The zero-order valence-electron chi connectivity index (χ0n) is 14.2. The predicted molar refractivity (Wildman–Crippen MR) is 90.9 cm³/mol. The molecule has 1 aromatic carbocycles. The van der Waals surface area contributed by atoms with E-state index in [1.807, 2.05) is 0 Å². The molecule has 3 aliphatic rings. The van der Waals surface area contributed by atoms with Crippen LogP contribution in [0.15, 0.2) is 18.2 Å². The molecule has 1 aliphatic carbocycles. The number of carbonyl (C=O) groups is 5. The first-order chi connectivity index (χ1) is 12.9. The maximum Gasteiger partial charge on any atom is 0.306 e. The first-order valence-electron chi connectivity index (χ1n) is 8.70. The second-order valence-electron chi connectivity index (χ2n) is 7.02. The van der Waals surface area contributed by atoms with Crippen molar-refractivity contribution >= 4 is 35.3 Å². The minimum Gasteiger partial charge on any atom is -0.481 e. The highest BCUT2D eigenvalue weighted by Gasteiger charge is 2.46. The summed E-state index contributed by atoms with van der Waals surface area (Å²) >= 11 is 0. The zero-order valence-corrected chi connectivity index (χ0v) is 14.2. The number of fused-ring (bicyclic) bond motifs is 1.